The molecule has 1 aliphatic heterocycles. The van der Waals surface area contributed by atoms with Crippen molar-refractivity contribution in [1.29, 1.82) is 0 Å². The van der Waals surface area contributed by atoms with Crippen molar-refractivity contribution in [2.45, 2.75) is 6.92 Å². The van der Waals surface area contributed by atoms with E-state index in [-0.39, 0.29) is 11.0 Å². The van der Waals surface area contributed by atoms with Gasteiger partial charge in [-0.3, -0.25) is 19.8 Å². The average molecular weight is 554 g/mol. The molecule has 2 N–H and O–H groups in total. The molecule has 4 aromatic rings. The molecule has 5 rings (SSSR count). The number of nitrogens with zero attached hydrogens (tertiary/aromatic N) is 1. The fraction of sp³-hybridized carbons (Fsp3) is 0.129. The maximum absolute atomic E-state index is 13.0. The number of amides is 2. The van der Waals surface area contributed by atoms with Crippen LogP contribution >= 0.6 is 12.2 Å². The predicted octanol–water partition coefficient (Wildman–Crippen LogP) is 6.11. The van der Waals surface area contributed by atoms with Crippen LogP contribution in [0, 0.1) is 6.92 Å². The van der Waals surface area contributed by atoms with Gasteiger partial charge in [0.2, 0.25) is 5.75 Å². The van der Waals surface area contributed by atoms with E-state index < -0.39 is 5.91 Å². The van der Waals surface area contributed by atoms with Crippen LogP contribution in [-0.4, -0.2) is 38.3 Å². The topological polar surface area (TPSA) is 88.9 Å². The van der Waals surface area contributed by atoms with Gasteiger partial charge in [0.05, 0.1) is 32.7 Å². The molecule has 0 fully saturated rings. The summed E-state index contributed by atoms with van der Waals surface area (Å²) in [6.45, 7) is 1.90. The highest BCUT2D eigenvalue weighted by Gasteiger charge is 2.36. The molecule has 8 nitrogen and oxygen atoms in total. The molecule has 0 aromatic heterocycles. The van der Waals surface area contributed by atoms with E-state index in [1.165, 1.54) is 21.3 Å². The minimum absolute atomic E-state index is 0.215. The van der Waals surface area contributed by atoms with Crippen molar-refractivity contribution in [1.82, 2.24) is 5.32 Å². The fourth-order valence-corrected chi connectivity index (χ4v) is 4.81. The largest absolute Gasteiger partial charge is 0.493 e. The van der Waals surface area contributed by atoms with E-state index in [1.54, 1.807) is 17.0 Å². The summed E-state index contributed by atoms with van der Waals surface area (Å²) < 4.78 is 16.0. The molecule has 9 heteroatoms. The number of fused-ring (bicyclic) bond motifs is 1. The third-order valence-corrected chi connectivity index (χ3v) is 6.96. The molecular formula is C31H27N3O5S. The number of methoxy groups -OCH3 is 3. The highest BCUT2D eigenvalue weighted by atomic mass is 32.1. The van der Waals surface area contributed by atoms with E-state index in [1.807, 2.05) is 73.7 Å². The number of carbonyl (C=O) groups is 2. The van der Waals surface area contributed by atoms with Gasteiger partial charge in [-0.15, -0.1) is 0 Å². The minimum Gasteiger partial charge on any atom is -0.493 e. The van der Waals surface area contributed by atoms with Gasteiger partial charge in [0.1, 0.15) is 0 Å². The van der Waals surface area contributed by atoms with Crippen LogP contribution in [0.3, 0.4) is 0 Å². The van der Waals surface area contributed by atoms with Crippen molar-refractivity contribution >= 4 is 46.2 Å². The molecule has 0 unspecified atom stereocenters. The SMILES string of the molecule is COc1cc(C(=O)NC(=S)N2c3ccc(NC(=O)c4ccc(-c5ccccc5)cc4)c(C)c32)cc(OC)c1OC. The Morgan fingerprint density at radius 1 is 0.750 bits per heavy atom. The molecule has 1 heterocycles. The van der Waals surface area contributed by atoms with Crippen molar-refractivity contribution in [3.63, 3.8) is 0 Å². The molecule has 0 atom stereocenters. The summed E-state index contributed by atoms with van der Waals surface area (Å²) in [5.41, 5.74) is 6.18. The molecule has 0 spiro atoms. The van der Waals surface area contributed by atoms with E-state index in [9.17, 15) is 9.59 Å². The van der Waals surface area contributed by atoms with Crippen molar-refractivity contribution in [2.75, 3.05) is 31.5 Å². The Morgan fingerprint density at radius 3 is 1.98 bits per heavy atom. The first-order valence-electron chi connectivity index (χ1n) is 12.4. The normalized spacial score (nSPS) is 11.2. The first-order chi connectivity index (χ1) is 19.4. The Hall–Kier alpha value is -4.89. The molecule has 40 heavy (non-hydrogen) atoms. The molecule has 0 saturated heterocycles. The van der Waals surface area contributed by atoms with Gasteiger partial charge in [-0.05, 0) is 72.2 Å². The molecule has 4 aromatic carbocycles. The van der Waals surface area contributed by atoms with Gasteiger partial charge in [0.25, 0.3) is 11.8 Å². The predicted molar refractivity (Wildman–Crippen MR) is 159 cm³/mol. The lowest BCUT2D eigenvalue weighted by atomic mass is 10.0. The molecular weight excluding hydrogens is 526 g/mol. The first kappa shape index (κ1) is 26.7. The van der Waals surface area contributed by atoms with E-state index >= 15 is 0 Å². The maximum atomic E-state index is 13.0. The number of nitrogens with one attached hydrogen (secondary N) is 2. The minimum atomic E-state index is -0.424. The molecule has 202 valence electrons. The zero-order chi connectivity index (χ0) is 28.4. The Morgan fingerprint density at radius 2 is 1.38 bits per heavy atom. The van der Waals surface area contributed by atoms with Crippen molar-refractivity contribution in [2.24, 2.45) is 0 Å². The number of carbonyl (C=O) groups excluding carboxylic acids is 2. The van der Waals surface area contributed by atoms with Gasteiger partial charge >= 0.3 is 0 Å². The Balaban J connectivity index is 1.26. The molecule has 0 saturated carbocycles. The first-order valence-corrected chi connectivity index (χ1v) is 12.8. The summed E-state index contributed by atoms with van der Waals surface area (Å²) in [5, 5.41) is 5.96. The van der Waals surface area contributed by atoms with E-state index in [2.05, 4.69) is 10.6 Å². The van der Waals surface area contributed by atoms with Gasteiger partial charge in [0, 0.05) is 16.8 Å². The van der Waals surface area contributed by atoms with Gasteiger partial charge in [-0.1, -0.05) is 42.5 Å². The Kier molecular flexibility index (Phi) is 7.39. The fourth-order valence-electron chi connectivity index (χ4n) is 4.53. The Bertz CT molecular complexity index is 1600. The number of ether oxygens (including phenoxy) is 3. The quantitative estimate of drug-likeness (QED) is 0.211. The van der Waals surface area contributed by atoms with Gasteiger partial charge in [-0.25, -0.2) is 0 Å². The summed E-state index contributed by atoms with van der Waals surface area (Å²) in [6, 6.07) is 24.3. The third kappa shape index (κ3) is 5.06. The molecule has 0 bridgehead atoms. The van der Waals surface area contributed by atoms with Crippen molar-refractivity contribution < 1.29 is 23.8 Å². The smallest absolute Gasteiger partial charge is 0.257 e. The summed E-state index contributed by atoms with van der Waals surface area (Å²) in [5.74, 6) is 0.470. The molecule has 2 amide bonds. The van der Waals surface area contributed by atoms with Crippen LogP contribution in [0.25, 0.3) is 11.1 Å². The number of thiocarbonyl (C=S) groups is 1. The summed E-state index contributed by atoms with van der Waals surface area (Å²) >= 11 is 5.53. The van der Waals surface area contributed by atoms with E-state index in [0.29, 0.717) is 34.1 Å². The van der Waals surface area contributed by atoms with Crippen LogP contribution in [0.4, 0.5) is 17.1 Å². The van der Waals surface area contributed by atoms with Crippen LogP contribution in [-0.2, 0) is 0 Å². The highest BCUT2D eigenvalue weighted by molar-refractivity contribution is 7.80. The zero-order valence-corrected chi connectivity index (χ0v) is 23.2. The summed E-state index contributed by atoms with van der Waals surface area (Å²) in [7, 11) is 4.46. The van der Waals surface area contributed by atoms with Crippen molar-refractivity contribution in [3.05, 3.63) is 95.6 Å². The molecule has 0 aliphatic carbocycles. The Labute approximate surface area is 237 Å². The number of anilines is 3. The highest BCUT2D eigenvalue weighted by Crippen LogP contribution is 2.52. The number of hydrogen-bond donors (Lipinski definition) is 2. The average Bonchev–Trinajstić information content (AvgIpc) is 3.73. The summed E-state index contributed by atoms with van der Waals surface area (Å²) in [4.78, 5) is 27.7. The van der Waals surface area contributed by atoms with Crippen LogP contribution in [0.5, 0.6) is 17.2 Å². The zero-order valence-electron chi connectivity index (χ0n) is 22.4. The second-order valence-corrected chi connectivity index (χ2v) is 9.40. The van der Waals surface area contributed by atoms with Crippen molar-refractivity contribution in [3.8, 4) is 28.4 Å². The lowest BCUT2D eigenvalue weighted by Crippen LogP contribution is -2.35. The van der Waals surface area contributed by atoms with Gasteiger partial charge in [-0.2, -0.15) is 0 Å². The molecule has 0 radical (unpaired) electrons. The molecule has 1 aliphatic rings. The lowest BCUT2D eigenvalue weighted by molar-refractivity contribution is 0.0975. The summed E-state index contributed by atoms with van der Waals surface area (Å²) in [6.07, 6.45) is 0. The van der Waals surface area contributed by atoms with Crippen LogP contribution in [0.2, 0.25) is 0 Å². The van der Waals surface area contributed by atoms with E-state index in [0.717, 1.165) is 28.1 Å². The maximum Gasteiger partial charge on any atom is 0.257 e. The van der Waals surface area contributed by atoms with Crippen LogP contribution in [0.15, 0.2) is 78.9 Å². The second kappa shape index (κ2) is 11.1. The van der Waals surface area contributed by atoms with Crippen LogP contribution < -0.4 is 29.7 Å². The monoisotopic (exact) mass is 553 g/mol. The third-order valence-electron chi connectivity index (χ3n) is 6.68. The van der Waals surface area contributed by atoms with E-state index in [4.69, 9.17) is 26.4 Å². The standard InChI is InChI=1S/C31H27N3O5S/c1-18-23(32-29(35)21-12-10-20(11-13-21)19-8-6-5-7-9-19)14-15-24-27(18)34(24)31(40)33-30(36)22-16-25(37-2)28(39-4)26(17-22)38-3/h5-17H,1-4H3,(H,32,35)(H,33,36,40). The number of benzene rings is 4. The second-order valence-electron chi connectivity index (χ2n) is 9.01. The van der Waals surface area contributed by atoms with Crippen LogP contribution in [0.1, 0.15) is 26.3 Å². The number of hydrogen-bond acceptors (Lipinski definition) is 6. The number of rotatable bonds is 7. The van der Waals surface area contributed by atoms with Gasteiger partial charge in [0.15, 0.2) is 16.6 Å². The lowest BCUT2D eigenvalue weighted by Gasteiger charge is -2.14. The van der Waals surface area contributed by atoms with Gasteiger partial charge < -0.3 is 19.5 Å².